The van der Waals surface area contributed by atoms with Crippen LogP contribution < -0.4 is 14.4 Å². The van der Waals surface area contributed by atoms with Crippen LogP contribution in [0.5, 0.6) is 0 Å². The highest BCUT2D eigenvalue weighted by Gasteiger charge is 1.99. The molecule has 0 atom stereocenters. The molecule has 0 spiro atoms. The van der Waals surface area contributed by atoms with Gasteiger partial charge in [0.05, 0.1) is 0 Å². The summed E-state index contributed by atoms with van der Waals surface area (Å²) in [6.45, 7) is 0. The largest absolute Gasteiger partial charge is 0.339 e. The molecule has 1 rings (SSSR count). The number of rotatable bonds is 2. The maximum Gasteiger partial charge on any atom is 0.323 e. The van der Waals surface area contributed by atoms with Gasteiger partial charge in [0, 0.05) is 0 Å². The average molecular weight is 129 g/mol. The highest BCUT2D eigenvalue weighted by molar-refractivity contribution is 4.58. The van der Waals surface area contributed by atoms with Gasteiger partial charge in [-0.25, -0.2) is 0 Å². The van der Waals surface area contributed by atoms with Crippen molar-refractivity contribution < 1.29 is 14.4 Å². The van der Waals surface area contributed by atoms with Crippen molar-refractivity contribution >= 4 is 0 Å². The van der Waals surface area contributed by atoms with Gasteiger partial charge in [-0.05, 0) is 9.46 Å². The summed E-state index contributed by atoms with van der Waals surface area (Å²) in [4.78, 5) is 9.62. The van der Waals surface area contributed by atoms with Crippen molar-refractivity contribution in [3.05, 3.63) is 18.7 Å². The minimum atomic E-state index is 1.53. The average Bonchev–Trinajstić information content (AvgIpc) is 2.34. The number of hydrogen-bond donors (Lipinski definition) is 0. The molecule has 1 aromatic rings. The van der Waals surface area contributed by atoms with Crippen LogP contribution >= 0.6 is 0 Å². The monoisotopic (exact) mass is 129 g/mol. The van der Waals surface area contributed by atoms with Gasteiger partial charge >= 0.3 is 6.33 Å². The highest BCUT2D eigenvalue weighted by Crippen LogP contribution is 1.73. The normalized spacial score (nSPS) is 9.11. The van der Waals surface area contributed by atoms with E-state index >= 15 is 0 Å². The molecule has 0 aromatic carbocycles. The Morgan fingerprint density at radius 3 is 2.56 bits per heavy atom. The van der Waals surface area contributed by atoms with Crippen molar-refractivity contribution in [2.75, 3.05) is 14.2 Å². The van der Waals surface area contributed by atoms with Gasteiger partial charge in [-0.3, -0.25) is 0 Å². The summed E-state index contributed by atoms with van der Waals surface area (Å²) in [7, 11) is 3.17. The first-order valence-corrected chi connectivity index (χ1v) is 2.55. The molecule has 0 radical (unpaired) electrons. The summed E-state index contributed by atoms with van der Waals surface area (Å²) < 4.78 is 3.06. The first-order chi connectivity index (χ1) is 4.36. The van der Waals surface area contributed by atoms with Gasteiger partial charge < -0.3 is 9.68 Å². The van der Waals surface area contributed by atoms with Crippen molar-refractivity contribution in [3.8, 4) is 0 Å². The second-order valence-electron chi connectivity index (χ2n) is 1.50. The lowest BCUT2D eigenvalue weighted by Crippen LogP contribution is -2.38. The molecule has 9 heavy (non-hydrogen) atoms. The minimum Gasteiger partial charge on any atom is -0.339 e. The van der Waals surface area contributed by atoms with E-state index < -0.39 is 0 Å². The molecule has 1 aromatic heterocycles. The third-order valence-corrected chi connectivity index (χ3v) is 1.01. The fourth-order valence-corrected chi connectivity index (χ4v) is 0.537. The molecule has 4 nitrogen and oxygen atoms in total. The van der Waals surface area contributed by atoms with Crippen LogP contribution in [-0.4, -0.2) is 19.0 Å². The Kier molecular flexibility index (Phi) is 1.58. The number of nitrogens with zero attached hydrogens (tertiary/aromatic N) is 2. The summed E-state index contributed by atoms with van der Waals surface area (Å²) in [6, 6.07) is 0. The lowest BCUT2D eigenvalue weighted by atomic mass is 11.0. The molecule has 0 amide bonds. The summed E-state index contributed by atoms with van der Waals surface area (Å²) in [5.74, 6) is 0. The first-order valence-electron chi connectivity index (χ1n) is 2.55. The molecule has 1 heterocycles. The van der Waals surface area contributed by atoms with E-state index in [0.29, 0.717) is 0 Å². The Bertz CT molecular complexity index is 166. The Morgan fingerprint density at radius 1 is 1.44 bits per heavy atom. The zero-order valence-corrected chi connectivity index (χ0v) is 5.44. The van der Waals surface area contributed by atoms with Crippen molar-refractivity contribution in [1.29, 1.82) is 0 Å². The predicted octanol–water partition coefficient (Wildman–Crippen LogP) is -1.11. The van der Waals surface area contributed by atoms with Crippen LogP contribution in [0.15, 0.2) is 18.7 Å². The molecule has 0 aliphatic carbocycles. The minimum absolute atomic E-state index is 1.53. The van der Waals surface area contributed by atoms with Crippen LogP contribution in [0.3, 0.4) is 0 Å². The lowest BCUT2D eigenvalue weighted by molar-refractivity contribution is -0.885. The molecule has 0 saturated heterocycles. The van der Waals surface area contributed by atoms with Gasteiger partial charge in [0.25, 0.3) is 0 Å². The fourth-order valence-electron chi connectivity index (χ4n) is 0.537. The molecular weight excluding hydrogens is 120 g/mol. The summed E-state index contributed by atoms with van der Waals surface area (Å²) in [5, 5.41) is 0. The molecule has 50 valence electrons. The van der Waals surface area contributed by atoms with Crippen molar-refractivity contribution in [3.63, 3.8) is 0 Å². The van der Waals surface area contributed by atoms with Gasteiger partial charge in [-0.2, -0.15) is 0 Å². The number of hydrogen-bond acceptors (Lipinski definition) is 2. The van der Waals surface area contributed by atoms with Crippen molar-refractivity contribution in [2.24, 2.45) is 0 Å². The SMILES string of the molecule is COn1cc[n+](OC)c1. The van der Waals surface area contributed by atoms with E-state index in [-0.39, 0.29) is 0 Å². The maximum absolute atomic E-state index is 4.81. The third-order valence-electron chi connectivity index (χ3n) is 1.01. The van der Waals surface area contributed by atoms with E-state index in [1.807, 2.05) is 0 Å². The second-order valence-corrected chi connectivity index (χ2v) is 1.50. The maximum atomic E-state index is 4.81. The van der Waals surface area contributed by atoms with E-state index in [1.165, 1.54) is 9.46 Å². The second kappa shape index (κ2) is 2.39. The van der Waals surface area contributed by atoms with E-state index in [4.69, 9.17) is 9.68 Å². The molecule has 0 saturated carbocycles. The number of aromatic nitrogens is 2. The van der Waals surface area contributed by atoms with Crippen molar-refractivity contribution in [2.45, 2.75) is 0 Å². The van der Waals surface area contributed by atoms with E-state index in [1.54, 1.807) is 32.9 Å². The van der Waals surface area contributed by atoms with Crippen LogP contribution in [0, 0.1) is 0 Å². The predicted molar refractivity (Wildman–Crippen MR) is 29.6 cm³/mol. The first kappa shape index (κ1) is 5.94. The Labute approximate surface area is 53.1 Å². The molecule has 4 heteroatoms. The van der Waals surface area contributed by atoms with Crippen LogP contribution in [-0.2, 0) is 0 Å². The zero-order chi connectivity index (χ0) is 6.69. The fraction of sp³-hybridized carbons (Fsp3) is 0.400. The van der Waals surface area contributed by atoms with Gasteiger partial charge in [0.1, 0.15) is 14.2 Å². The topological polar surface area (TPSA) is 27.3 Å². The van der Waals surface area contributed by atoms with Crippen LogP contribution in [0.1, 0.15) is 0 Å². The molecule has 0 unspecified atom stereocenters. The molecule has 0 bridgehead atoms. The molecule has 0 N–H and O–H groups in total. The summed E-state index contributed by atoms with van der Waals surface area (Å²) >= 11 is 0. The van der Waals surface area contributed by atoms with Gasteiger partial charge in [-0.1, -0.05) is 0 Å². The molecule has 0 aliphatic rings. The number of imidazole rings is 1. The smallest absolute Gasteiger partial charge is 0.323 e. The Balaban J connectivity index is 2.74. The van der Waals surface area contributed by atoms with E-state index in [9.17, 15) is 0 Å². The summed E-state index contributed by atoms with van der Waals surface area (Å²) in [5.41, 5.74) is 0. The standard InChI is InChI=1S/C5H9N2O2/c1-8-6-3-4-7(5-6)9-2/h3-5H,1-2H3/q+1. The molecular formula is C5H9N2O2+. The Hall–Kier alpha value is -1.19. The Morgan fingerprint density at radius 2 is 2.22 bits per heavy atom. The van der Waals surface area contributed by atoms with Gasteiger partial charge in [0.2, 0.25) is 0 Å². The molecule has 0 fully saturated rings. The summed E-state index contributed by atoms with van der Waals surface area (Å²) in [6.07, 6.45) is 5.15. The van der Waals surface area contributed by atoms with E-state index in [0.717, 1.165) is 0 Å². The third kappa shape index (κ3) is 1.13. The quantitative estimate of drug-likeness (QED) is 0.474. The van der Waals surface area contributed by atoms with Crippen LogP contribution in [0.25, 0.3) is 0 Å². The zero-order valence-electron chi connectivity index (χ0n) is 5.44. The van der Waals surface area contributed by atoms with Crippen LogP contribution in [0.4, 0.5) is 0 Å². The highest BCUT2D eigenvalue weighted by atomic mass is 16.7. The molecule has 0 aliphatic heterocycles. The van der Waals surface area contributed by atoms with Crippen LogP contribution in [0.2, 0.25) is 0 Å². The van der Waals surface area contributed by atoms with Gasteiger partial charge in [0.15, 0.2) is 12.4 Å². The lowest BCUT2D eigenvalue weighted by Gasteiger charge is -1.87. The van der Waals surface area contributed by atoms with Crippen molar-refractivity contribution in [1.82, 2.24) is 4.73 Å². The van der Waals surface area contributed by atoms with Gasteiger partial charge in [-0.15, -0.1) is 0 Å². The van der Waals surface area contributed by atoms with E-state index in [2.05, 4.69) is 0 Å².